The third kappa shape index (κ3) is 3.05. The highest BCUT2D eigenvalue weighted by atomic mass is 16.6. The molecule has 26 heavy (non-hydrogen) atoms. The molecule has 0 spiro atoms. The predicted molar refractivity (Wildman–Crippen MR) is 103 cm³/mol. The molecule has 0 amide bonds. The summed E-state index contributed by atoms with van der Waals surface area (Å²) in [6, 6.07) is 18.9. The molecule has 1 aliphatic carbocycles. The summed E-state index contributed by atoms with van der Waals surface area (Å²) in [5.74, 6) is 1.11. The second-order valence-electron chi connectivity index (χ2n) is 6.68. The molecule has 0 N–H and O–H groups in total. The molecule has 0 heterocycles. The van der Waals surface area contributed by atoms with E-state index < -0.39 is 0 Å². The number of hydrogen-bond donors (Lipinski definition) is 0. The highest BCUT2D eigenvalue weighted by Crippen LogP contribution is 2.40. The van der Waals surface area contributed by atoms with Gasteiger partial charge in [-0.15, -0.1) is 0 Å². The number of methoxy groups -OCH3 is 1. The third-order valence-corrected chi connectivity index (χ3v) is 5.02. The maximum absolute atomic E-state index is 11.4. The quantitative estimate of drug-likeness (QED) is 0.502. The van der Waals surface area contributed by atoms with Crippen molar-refractivity contribution in [1.29, 1.82) is 0 Å². The van der Waals surface area contributed by atoms with Crippen LogP contribution < -0.4 is 9.47 Å². The number of hydrogen-bond acceptors (Lipinski definition) is 3. The molecule has 1 unspecified atom stereocenters. The lowest BCUT2D eigenvalue weighted by Crippen LogP contribution is -2.15. The molecule has 1 radical (unpaired) electrons. The van der Waals surface area contributed by atoms with Gasteiger partial charge >= 0.3 is 5.97 Å². The standard InChI is InChI=1S/C23H21O3/c1-15(24)26-23-14-19-12-18(11-10-17(19)13-22(23)25-2)21-9-5-7-16-6-3-4-8-20(16)21/h3-9,11,13-14,18H,10,12H2,1-2H3. The largest absolute Gasteiger partial charge is 0.493 e. The molecule has 1 atom stereocenters. The van der Waals surface area contributed by atoms with Gasteiger partial charge in [0, 0.05) is 6.92 Å². The summed E-state index contributed by atoms with van der Waals surface area (Å²) in [5, 5.41) is 2.56. The van der Waals surface area contributed by atoms with Gasteiger partial charge < -0.3 is 9.47 Å². The highest BCUT2D eigenvalue weighted by Gasteiger charge is 2.24. The van der Waals surface area contributed by atoms with Crippen LogP contribution in [0.5, 0.6) is 11.5 Å². The van der Waals surface area contributed by atoms with Crippen molar-refractivity contribution in [3.8, 4) is 11.5 Å². The molecule has 4 rings (SSSR count). The first kappa shape index (κ1) is 16.6. The Hall–Kier alpha value is -2.81. The van der Waals surface area contributed by atoms with Gasteiger partial charge in [-0.05, 0) is 64.8 Å². The average molecular weight is 345 g/mol. The second kappa shape index (κ2) is 6.83. The Balaban J connectivity index is 1.72. The first-order chi connectivity index (χ1) is 12.7. The van der Waals surface area contributed by atoms with Crippen LogP contribution in [-0.2, 0) is 17.6 Å². The van der Waals surface area contributed by atoms with E-state index in [0.29, 0.717) is 17.4 Å². The topological polar surface area (TPSA) is 35.5 Å². The van der Waals surface area contributed by atoms with E-state index in [0.717, 1.165) is 12.8 Å². The highest BCUT2D eigenvalue weighted by molar-refractivity contribution is 5.86. The fraction of sp³-hybridized carbons (Fsp3) is 0.217. The van der Waals surface area contributed by atoms with Crippen molar-refractivity contribution in [3.63, 3.8) is 0 Å². The molecule has 3 aromatic carbocycles. The number of carbonyl (C=O) groups excluding carboxylic acids is 1. The summed E-state index contributed by atoms with van der Waals surface area (Å²) in [5.41, 5.74) is 3.79. The monoisotopic (exact) mass is 345 g/mol. The molecule has 131 valence electrons. The van der Waals surface area contributed by atoms with Crippen LogP contribution >= 0.6 is 0 Å². The molecule has 0 saturated heterocycles. The first-order valence-corrected chi connectivity index (χ1v) is 8.85. The molecular weight excluding hydrogens is 324 g/mol. The van der Waals surface area contributed by atoms with Crippen LogP contribution in [0, 0.1) is 6.42 Å². The molecule has 0 aromatic heterocycles. The molecule has 3 aromatic rings. The Labute approximate surface area is 153 Å². The molecular formula is C23H21O3. The van der Waals surface area contributed by atoms with Gasteiger partial charge in [0.15, 0.2) is 11.5 Å². The number of carbonyl (C=O) groups is 1. The summed E-state index contributed by atoms with van der Waals surface area (Å²) in [4.78, 5) is 11.4. The van der Waals surface area contributed by atoms with E-state index >= 15 is 0 Å². The molecule has 0 bridgehead atoms. The molecule has 0 fully saturated rings. The Morgan fingerprint density at radius 3 is 2.58 bits per heavy atom. The average Bonchev–Trinajstić information content (AvgIpc) is 2.66. The van der Waals surface area contributed by atoms with Gasteiger partial charge in [-0.3, -0.25) is 4.79 Å². The Kier molecular flexibility index (Phi) is 4.37. The molecule has 0 saturated carbocycles. The summed E-state index contributed by atoms with van der Waals surface area (Å²) in [6.07, 6.45) is 4.14. The lowest BCUT2D eigenvalue weighted by Gasteiger charge is -2.27. The zero-order valence-electron chi connectivity index (χ0n) is 15.0. The van der Waals surface area contributed by atoms with E-state index in [1.165, 1.54) is 34.4 Å². The number of benzene rings is 3. The van der Waals surface area contributed by atoms with Crippen molar-refractivity contribution in [2.45, 2.75) is 25.7 Å². The summed E-state index contributed by atoms with van der Waals surface area (Å²) in [7, 11) is 1.60. The van der Waals surface area contributed by atoms with Gasteiger partial charge in [-0.25, -0.2) is 0 Å². The Morgan fingerprint density at radius 2 is 1.77 bits per heavy atom. The van der Waals surface area contributed by atoms with Gasteiger partial charge in [-0.1, -0.05) is 42.5 Å². The second-order valence-corrected chi connectivity index (χ2v) is 6.68. The van der Waals surface area contributed by atoms with Crippen molar-refractivity contribution in [2.24, 2.45) is 0 Å². The minimum absolute atomic E-state index is 0.337. The first-order valence-electron chi connectivity index (χ1n) is 8.85. The normalized spacial score (nSPS) is 16.2. The van der Waals surface area contributed by atoms with Crippen molar-refractivity contribution in [3.05, 3.63) is 77.7 Å². The summed E-state index contributed by atoms with van der Waals surface area (Å²) >= 11 is 0. The van der Waals surface area contributed by atoms with Crippen molar-refractivity contribution in [2.75, 3.05) is 7.11 Å². The van der Waals surface area contributed by atoms with E-state index in [2.05, 4.69) is 48.9 Å². The molecule has 0 aliphatic heterocycles. The number of esters is 1. The summed E-state index contributed by atoms with van der Waals surface area (Å²) in [6.45, 7) is 1.41. The Morgan fingerprint density at radius 1 is 1.00 bits per heavy atom. The van der Waals surface area contributed by atoms with Crippen LogP contribution in [0.1, 0.15) is 29.5 Å². The van der Waals surface area contributed by atoms with Crippen LogP contribution in [0.4, 0.5) is 0 Å². The smallest absolute Gasteiger partial charge is 0.308 e. The molecule has 1 aliphatic rings. The third-order valence-electron chi connectivity index (χ3n) is 5.02. The zero-order valence-corrected chi connectivity index (χ0v) is 15.0. The number of ether oxygens (including phenoxy) is 2. The fourth-order valence-corrected chi connectivity index (χ4v) is 3.82. The number of fused-ring (bicyclic) bond motifs is 2. The van der Waals surface area contributed by atoms with Crippen LogP contribution in [0.3, 0.4) is 0 Å². The van der Waals surface area contributed by atoms with Gasteiger partial charge in [0.25, 0.3) is 0 Å². The van der Waals surface area contributed by atoms with Crippen molar-refractivity contribution in [1.82, 2.24) is 0 Å². The van der Waals surface area contributed by atoms with Gasteiger partial charge in [0.1, 0.15) is 0 Å². The summed E-state index contributed by atoms with van der Waals surface area (Å²) < 4.78 is 10.7. The van der Waals surface area contributed by atoms with Gasteiger partial charge in [-0.2, -0.15) is 0 Å². The maximum atomic E-state index is 11.4. The van der Waals surface area contributed by atoms with E-state index in [1.54, 1.807) is 7.11 Å². The van der Waals surface area contributed by atoms with Crippen LogP contribution in [0.25, 0.3) is 10.8 Å². The van der Waals surface area contributed by atoms with Gasteiger partial charge in [0.05, 0.1) is 7.11 Å². The minimum atomic E-state index is -0.337. The predicted octanol–water partition coefficient (Wildman–Crippen LogP) is 4.86. The minimum Gasteiger partial charge on any atom is -0.493 e. The molecule has 3 nitrogen and oxygen atoms in total. The van der Waals surface area contributed by atoms with Crippen LogP contribution in [0.2, 0.25) is 0 Å². The SMILES string of the molecule is COc1cc2c(cc1OC(C)=O)CC(c1cccc3ccccc13)[CH]C2. The molecule has 3 heteroatoms. The zero-order chi connectivity index (χ0) is 18.1. The lowest BCUT2D eigenvalue weighted by atomic mass is 9.78. The maximum Gasteiger partial charge on any atom is 0.308 e. The van der Waals surface area contributed by atoms with Crippen molar-refractivity contribution < 1.29 is 14.3 Å². The van der Waals surface area contributed by atoms with Crippen molar-refractivity contribution >= 4 is 16.7 Å². The van der Waals surface area contributed by atoms with Crippen LogP contribution in [-0.4, -0.2) is 13.1 Å². The van der Waals surface area contributed by atoms with Gasteiger partial charge in [0.2, 0.25) is 0 Å². The van der Waals surface area contributed by atoms with Crippen LogP contribution in [0.15, 0.2) is 54.6 Å². The fourth-order valence-electron chi connectivity index (χ4n) is 3.82. The number of rotatable bonds is 3. The van der Waals surface area contributed by atoms with E-state index in [4.69, 9.17) is 9.47 Å². The van der Waals surface area contributed by atoms with E-state index in [-0.39, 0.29) is 5.97 Å². The lowest BCUT2D eigenvalue weighted by molar-refractivity contribution is -0.132. The Bertz CT molecular complexity index is 969. The van der Waals surface area contributed by atoms with E-state index in [9.17, 15) is 4.79 Å². The van der Waals surface area contributed by atoms with E-state index in [1.807, 2.05) is 12.1 Å².